The van der Waals surface area contributed by atoms with E-state index in [9.17, 15) is 18.4 Å². The fraction of sp³-hybridized carbons (Fsp3) is 0.0476. The van der Waals surface area contributed by atoms with Gasteiger partial charge in [-0.2, -0.15) is 5.10 Å². The van der Waals surface area contributed by atoms with Crippen LogP contribution in [0.5, 0.6) is 0 Å². The standard InChI is InChI=1S/C21H16F2N4O2/c1-13-2-3-14(9-25-26-12-28)8-17(13)15-4-6-16(7-5-15)27-21(29)20-18(22)10-24-11-19(20)23/h2-12H,1H3,(H,26,28)(H,27,29)/b25-9+. The van der Waals surface area contributed by atoms with Gasteiger partial charge in [0.25, 0.3) is 5.91 Å². The van der Waals surface area contributed by atoms with Crippen LogP contribution in [0.25, 0.3) is 11.1 Å². The summed E-state index contributed by atoms with van der Waals surface area (Å²) >= 11 is 0. The Balaban J connectivity index is 1.81. The molecule has 0 atom stereocenters. The zero-order chi connectivity index (χ0) is 20.8. The van der Waals surface area contributed by atoms with Crippen molar-refractivity contribution in [3.8, 4) is 11.1 Å². The SMILES string of the molecule is Cc1ccc(/C=N/NC=O)cc1-c1ccc(NC(=O)c2c(F)cncc2F)cc1. The summed E-state index contributed by atoms with van der Waals surface area (Å²) in [6.07, 6.45) is 3.56. The van der Waals surface area contributed by atoms with Gasteiger partial charge in [0.05, 0.1) is 18.6 Å². The van der Waals surface area contributed by atoms with Crippen LogP contribution in [-0.2, 0) is 4.79 Å². The molecule has 0 saturated heterocycles. The third kappa shape index (κ3) is 4.67. The van der Waals surface area contributed by atoms with Crippen molar-refractivity contribution in [3.05, 3.63) is 83.2 Å². The number of aromatic nitrogens is 1. The molecular formula is C21H16F2N4O2. The molecule has 1 aromatic heterocycles. The Morgan fingerprint density at radius 3 is 2.41 bits per heavy atom. The van der Waals surface area contributed by atoms with Crippen LogP contribution in [0.3, 0.4) is 0 Å². The summed E-state index contributed by atoms with van der Waals surface area (Å²) in [5, 5.41) is 6.23. The van der Waals surface area contributed by atoms with Crippen LogP contribution >= 0.6 is 0 Å². The number of aryl methyl sites for hydroxylation is 1. The number of hydrazone groups is 1. The summed E-state index contributed by atoms with van der Waals surface area (Å²) in [6, 6.07) is 12.5. The Hall–Kier alpha value is -3.94. The first-order chi connectivity index (χ1) is 14.0. The molecule has 0 aliphatic rings. The predicted octanol–water partition coefficient (Wildman–Crippen LogP) is 3.67. The number of hydrogen-bond donors (Lipinski definition) is 2. The maximum Gasteiger partial charge on any atom is 0.261 e. The number of nitrogens with zero attached hydrogens (tertiary/aromatic N) is 2. The van der Waals surface area contributed by atoms with E-state index in [2.05, 4.69) is 20.8 Å². The second kappa shape index (κ2) is 8.83. The molecule has 0 unspecified atom stereocenters. The third-order valence-electron chi connectivity index (χ3n) is 4.14. The Morgan fingerprint density at radius 1 is 1.07 bits per heavy atom. The summed E-state index contributed by atoms with van der Waals surface area (Å²) < 4.78 is 27.4. The Morgan fingerprint density at radius 2 is 1.76 bits per heavy atom. The number of nitrogens with one attached hydrogen (secondary N) is 2. The molecule has 146 valence electrons. The van der Waals surface area contributed by atoms with Gasteiger partial charge >= 0.3 is 0 Å². The lowest BCUT2D eigenvalue weighted by Gasteiger charge is -2.10. The lowest BCUT2D eigenvalue weighted by Crippen LogP contribution is -2.16. The molecule has 0 saturated carbocycles. The monoisotopic (exact) mass is 394 g/mol. The molecule has 2 aromatic carbocycles. The molecule has 0 aliphatic carbocycles. The van der Waals surface area contributed by atoms with E-state index in [0.717, 1.165) is 34.6 Å². The van der Waals surface area contributed by atoms with E-state index in [-0.39, 0.29) is 0 Å². The largest absolute Gasteiger partial charge is 0.322 e. The van der Waals surface area contributed by atoms with Crippen molar-refractivity contribution < 1.29 is 18.4 Å². The van der Waals surface area contributed by atoms with E-state index in [4.69, 9.17) is 0 Å². The number of halogens is 2. The number of benzene rings is 2. The fourth-order valence-corrected chi connectivity index (χ4v) is 2.73. The molecule has 0 spiro atoms. The van der Waals surface area contributed by atoms with Crippen LogP contribution < -0.4 is 10.7 Å². The number of rotatable bonds is 6. The fourth-order valence-electron chi connectivity index (χ4n) is 2.73. The zero-order valence-electron chi connectivity index (χ0n) is 15.3. The highest BCUT2D eigenvalue weighted by atomic mass is 19.1. The summed E-state index contributed by atoms with van der Waals surface area (Å²) in [5.41, 5.74) is 5.53. The molecule has 0 bridgehead atoms. The number of amides is 2. The summed E-state index contributed by atoms with van der Waals surface area (Å²) in [4.78, 5) is 25.8. The van der Waals surface area contributed by atoms with Gasteiger partial charge in [0.1, 0.15) is 5.56 Å². The molecule has 0 fully saturated rings. The van der Waals surface area contributed by atoms with Gasteiger partial charge in [-0.15, -0.1) is 0 Å². The zero-order valence-corrected chi connectivity index (χ0v) is 15.3. The second-order valence-corrected chi connectivity index (χ2v) is 6.09. The predicted molar refractivity (Wildman–Crippen MR) is 106 cm³/mol. The molecule has 0 aliphatic heterocycles. The van der Waals surface area contributed by atoms with Gasteiger partial charge in [0.15, 0.2) is 11.6 Å². The van der Waals surface area contributed by atoms with Gasteiger partial charge in [0, 0.05) is 5.69 Å². The smallest absolute Gasteiger partial charge is 0.261 e. The molecule has 2 amide bonds. The van der Waals surface area contributed by atoms with Gasteiger partial charge in [0.2, 0.25) is 6.41 Å². The Labute approximate surface area is 165 Å². The van der Waals surface area contributed by atoms with Crippen LogP contribution in [0.2, 0.25) is 0 Å². The lowest BCUT2D eigenvalue weighted by atomic mass is 9.98. The molecule has 0 radical (unpaired) electrons. The van der Waals surface area contributed by atoms with Crippen LogP contribution in [0.15, 0.2) is 60.0 Å². The second-order valence-electron chi connectivity index (χ2n) is 6.09. The summed E-state index contributed by atoms with van der Waals surface area (Å²) in [7, 11) is 0. The highest BCUT2D eigenvalue weighted by Gasteiger charge is 2.17. The van der Waals surface area contributed by atoms with Crippen molar-refractivity contribution in [2.45, 2.75) is 6.92 Å². The first kappa shape index (κ1) is 19.8. The Bertz CT molecular complexity index is 1060. The van der Waals surface area contributed by atoms with Crippen LogP contribution in [0.4, 0.5) is 14.5 Å². The van der Waals surface area contributed by atoms with Crippen molar-refractivity contribution >= 4 is 24.2 Å². The number of carbonyl (C=O) groups is 2. The van der Waals surface area contributed by atoms with E-state index < -0.39 is 23.1 Å². The average molecular weight is 394 g/mol. The topological polar surface area (TPSA) is 83.5 Å². The first-order valence-electron chi connectivity index (χ1n) is 8.53. The van der Waals surface area contributed by atoms with Crippen molar-refractivity contribution in [2.75, 3.05) is 5.32 Å². The number of pyridine rings is 1. The van der Waals surface area contributed by atoms with E-state index in [0.29, 0.717) is 12.1 Å². The van der Waals surface area contributed by atoms with Gasteiger partial charge in [-0.05, 0) is 47.4 Å². The summed E-state index contributed by atoms with van der Waals surface area (Å²) in [6.45, 7) is 1.95. The summed E-state index contributed by atoms with van der Waals surface area (Å²) in [5.74, 6) is -2.96. The molecule has 29 heavy (non-hydrogen) atoms. The lowest BCUT2D eigenvalue weighted by molar-refractivity contribution is -0.109. The molecule has 8 heteroatoms. The normalized spacial score (nSPS) is 10.7. The minimum absolute atomic E-state index is 0.389. The van der Waals surface area contributed by atoms with E-state index in [1.165, 1.54) is 6.21 Å². The highest BCUT2D eigenvalue weighted by Crippen LogP contribution is 2.26. The van der Waals surface area contributed by atoms with Crippen molar-refractivity contribution in [1.29, 1.82) is 0 Å². The molecule has 6 nitrogen and oxygen atoms in total. The van der Waals surface area contributed by atoms with Crippen LogP contribution in [0, 0.1) is 18.6 Å². The minimum Gasteiger partial charge on any atom is -0.322 e. The highest BCUT2D eigenvalue weighted by molar-refractivity contribution is 6.04. The molecular weight excluding hydrogens is 378 g/mol. The van der Waals surface area contributed by atoms with Gasteiger partial charge < -0.3 is 5.32 Å². The maximum atomic E-state index is 13.7. The third-order valence-corrected chi connectivity index (χ3v) is 4.14. The van der Waals surface area contributed by atoms with E-state index in [1.807, 2.05) is 25.1 Å². The van der Waals surface area contributed by atoms with Crippen LogP contribution in [0.1, 0.15) is 21.5 Å². The number of hydrogen-bond acceptors (Lipinski definition) is 4. The quantitative estimate of drug-likeness (QED) is 0.380. The van der Waals surface area contributed by atoms with Crippen molar-refractivity contribution in [3.63, 3.8) is 0 Å². The molecule has 1 heterocycles. The number of anilines is 1. The number of carbonyl (C=O) groups excluding carboxylic acids is 2. The van der Waals surface area contributed by atoms with Crippen molar-refractivity contribution in [2.24, 2.45) is 5.10 Å². The molecule has 3 aromatic rings. The van der Waals surface area contributed by atoms with Gasteiger partial charge in [-0.1, -0.05) is 24.3 Å². The van der Waals surface area contributed by atoms with Crippen LogP contribution in [-0.4, -0.2) is 23.5 Å². The van der Waals surface area contributed by atoms with E-state index >= 15 is 0 Å². The van der Waals surface area contributed by atoms with Crippen molar-refractivity contribution in [1.82, 2.24) is 10.4 Å². The Kier molecular flexibility index (Phi) is 6.03. The maximum absolute atomic E-state index is 13.7. The van der Waals surface area contributed by atoms with Gasteiger partial charge in [-0.25, -0.2) is 14.2 Å². The minimum atomic E-state index is -1.03. The molecule has 2 N–H and O–H groups in total. The average Bonchev–Trinajstić information content (AvgIpc) is 2.70. The molecule has 3 rings (SSSR count). The van der Waals surface area contributed by atoms with E-state index in [1.54, 1.807) is 24.3 Å². The first-order valence-corrected chi connectivity index (χ1v) is 8.53. The van der Waals surface area contributed by atoms with Gasteiger partial charge in [-0.3, -0.25) is 14.6 Å².